The van der Waals surface area contributed by atoms with Gasteiger partial charge in [0.2, 0.25) is 0 Å². The second kappa shape index (κ2) is 4.78. The molecule has 4 nitrogen and oxygen atoms in total. The molecule has 0 aromatic carbocycles. The van der Waals surface area contributed by atoms with Crippen LogP contribution in [0.15, 0.2) is 22.9 Å². The molecule has 0 aliphatic heterocycles. The lowest BCUT2D eigenvalue weighted by Crippen LogP contribution is -2.04. The van der Waals surface area contributed by atoms with Gasteiger partial charge in [-0.15, -0.1) is 10.2 Å². The van der Waals surface area contributed by atoms with Crippen molar-refractivity contribution >= 4 is 27.3 Å². The average Bonchev–Trinajstić information content (AvgIpc) is 2.67. The number of halogens is 1. The Balaban J connectivity index is 2.29. The zero-order valence-corrected chi connectivity index (χ0v) is 10.5. The van der Waals surface area contributed by atoms with E-state index >= 15 is 0 Å². The quantitative estimate of drug-likeness (QED) is 0.938. The molecule has 2 rings (SSSR count). The molecule has 15 heavy (non-hydrogen) atoms. The highest BCUT2D eigenvalue weighted by Crippen LogP contribution is 2.24. The van der Waals surface area contributed by atoms with E-state index < -0.39 is 0 Å². The van der Waals surface area contributed by atoms with Gasteiger partial charge in [0, 0.05) is 29.0 Å². The SMILES string of the molecule is CNCc1nnc(-c2cncc(Br)c2)s1. The lowest BCUT2D eigenvalue weighted by Gasteiger charge is -1.94. The van der Waals surface area contributed by atoms with E-state index in [1.165, 1.54) is 0 Å². The van der Waals surface area contributed by atoms with Crippen LogP contribution in [0.5, 0.6) is 0 Å². The van der Waals surface area contributed by atoms with E-state index in [4.69, 9.17) is 0 Å². The van der Waals surface area contributed by atoms with E-state index in [0.29, 0.717) is 0 Å². The smallest absolute Gasteiger partial charge is 0.149 e. The maximum atomic E-state index is 4.11. The highest BCUT2D eigenvalue weighted by molar-refractivity contribution is 9.10. The first kappa shape index (κ1) is 10.7. The highest BCUT2D eigenvalue weighted by Gasteiger charge is 2.06. The number of pyridine rings is 1. The summed E-state index contributed by atoms with van der Waals surface area (Å²) in [5.74, 6) is 0. The molecule has 2 heterocycles. The number of nitrogens with zero attached hydrogens (tertiary/aromatic N) is 3. The van der Waals surface area contributed by atoms with E-state index in [9.17, 15) is 0 Å². The van der Waals surface area contributed by atoms with Crippen LogP contribution < -0.4 is 5.32 Å². The number of hydrogen-bond donors (Lipinski definition) is 1. The van der Waals surface area contributed by atoms with Crippen molar-refractivity contribution in [2.75, 3.05) is 7.05 Å². The van der Waals surface area contributed by atoms with Gasteiger partial charge in [-0.25, -0.2) is 0 Å². The third-order valence-electron chi connectivity index (χ3n) is 1.75. The molecule has 1 N–H and O–H groups in total. The molecule has 0 spiro atoms. The van der Waals surface area contributed by atoms with Gasteiger partial charge in [0.25, 0.3) is 0 Å². The fraction of sp³-hybridized carbons (Fsp3) is 0.222. The van der Waals surface area contributed by atoms with E-state index in [1.54, 1.807) is 23.7 Å². The van der Waals surface area contributed by atoms with Crippen LogP contribution in [-0.4, -0.2) is 22.2 Å². The van der Waals surface area contributed by atoms with Crippen LogP contribution in [0.4, 0.5) is 0 Å². The molecular weight excluding hydrogens is 276 g/mol. The van der Waals surface area contributed by atoms with Gasteiger partial charge in [0.15, 0.2) is 0 Å². The highest BCUT2D eigenvalue weighted by atomic mass is 79.9. The summed E-state index contributed by atoms with van der Waals surface area (Å²) in [4.78, 5) is 4.09. The minimum absolute atomic E-state index is 0.749. The number of nitrogens with one attached hydrogen (secondary N) is 1. The first-order chi connectivity index (χ1) is 7.29. The van der Waals surface area contributed by atoms with E-state index in [0.717, 1.165) is 26.6 Å². The zero-order chi connectivity index (χ0) is 10.7. The van der Waals surface area contributed by atoms with Gasteiger partial charge in [0.05, 0.1) is 0 Å². The summed E-state index contributed by atoms with van der Waals surface area (Å²) in [6.45, 7) is 0.749. The van der Waals surface area contributed by atoms with Crippen LogP contribution in [0.3, 0.4) is 0 Å². The molecule has 0 atom stereocenters. The van der Waals surface area contributed by atoms with Crippen molar-refractivity contribution in [2.24, 2.45) is 0 Å². The Kier molecular flexibility index (Phi) is 3.40. The molecule has 0 fully saturated rings. The molecule has 0 radical (unpaired) electrons. The predicted molar refractivity (Wildman–Crippen MR) is 63.6 cm³/mol. The maximum absolute atomic E-state index is 4.11. The lowest BCUT2D eigenvalue weighted by molar-refractivity contribution is 0.795. The van der Waals surface area contributed by atoms with Crippen molar-refractivity contribution in [3.8, 4) is 10.6 Å². The first-order valence-corrected chi connectivity index (χ1v) is 5.98. The molecule has 0 unspecified atom stereocenters. The van der Waals surface area contributed by atoms with Gasteiger partial charge in [-0.2, -0.15) is 0 Å². The van der Waals surface area contributed by atoms with Crippen molar-refractivity contribution in [2.45, 2.75) is 6.54 Å². The second-order valence-electron chi connectivity index (χ2n) is 2.92. The minimum atomic E-state index is 0.749. The molecule has 2 aromatic heterocycles. The molecular formula is C9H9BrN4S. The Morgan fingerprint density at radius 2 is 2.27 bits per heavy atom. The van der Waals surface area contributed by atoms with Crippen molar-refractivity contribution < 1.29 is 0 Å². The van der Waals surface area contributed by atoms with E-state index in [1.807, 2.05) is 13.1 Å². The van der Waals surface area contributed by atoms with Gasteiger partial charge in [0.1, 0.15) is 10.0 Å². The Bertz CT molecular complexity index is 457. The molecule has 6 heteroatoms. The van der Waals surface area contributed by atoms with Gasteiger partial charge in [-0.3, -0.25) is 4.98 Å². The largest absolute Gasteiger partial charge is 0.313 e. The first-order valence-electron chi connectivity index (χ1n) is 4.37. The molecule has 0 aliphatic carbocycles. The number of rotatable bonds is 3. The van der Waals surface area contributed by atoms with Gasteiger partial charge in [-0.05, 0) is 29.0 Å². The molecule has 2 aromatic rings. The maximum Gasteiger partial charge on any atom is 0.149 e. The Morgan fingerprint density at radius 3 is 3.00 bits per heavy atom. The Hall–Kier alpha value is -0.850. The molecule has 0 bridgehead atoms. The standard InChI is InChI=1S/C9H9BrN4S/c1-11-5-8-13-14-9(15-8)6-2-7(10)4-12-3-6/h2-4,11H,5H2,1H3. The van der Waals surface area contributed by atoms with Crippen molar-refractivity contribution in [3.63, 3.8) is 0 Å². The normalized spacial score (nSPS) is 10.5. The van der Waals surface area contributed by atoms with Crippen LogP contribution in [0.25, 0.3) is 10.6 Å². The third kappa shape index (κ3) is 2.58. The summed E-state index contributed by atoms with van der Waals surface area (Å²) in [6, 6.07) is 1.98. The Labute approximate surface area is 99.9 Å². The molecule has 0 saturated heterocycles. The number of aromatic nitrogens is 3. The predicted octanol–water partition coefficient (Wildman–Crippen LogP) is 2.08. The van der Waals surface area contributed by atoms with E-state index in [2.05, 4.69) is 36.4 Å². The van der Waals surface area contributed by atoms with Crippen LogP contribution in [-0.2, 0) is 6.54 Å². The Morgan fingerprint density at radius 1 is 1.40 bits per heavy atom. The summed E-state index contributed by atoms with van der Waals surface area (Å²) in [7, 11) is 1.89. The summed E-state index contributed by atoms with van der Waals surface area (Å²) in [6.07, 6.45) is 3.54. The second-order valence-corrected chi connectivity index (χ2v) is 4.90. The monoisotopic (exact) mass is 284 g/mol. The number of hydrogen-bond acceptors (Lipinski definition) is 5. The minimum Gasteiger partial charge on any atom is -0.313 e. The van der Waals surface area contributed by atoms with Crippen LogP contribution in [0.1, 0.15) is 5.01 Å². The zero-order valence-electron chi connectivity index (χ0n) is 8.07. The molecule has 0 saturated carbocycles. The van der Waals surface area contributed by atoms with Gasteiger partial charge >= 0.3 is 0 Å². The fourth-order valence-corrected chi connectivity index (χ4v) is 2.32. The topological polar surface area (TPSA) is 50.7 Å². The van der Waals surface area contributed by atoms with Crippen LogP contribution in [0.2, 0.25) is 0 Å². The average molecular weight is 285 g/mol. The summed E-state index contributed by atoms with van der Waals surface area (Å²) in [5, 5.41) is 13.1. The van der Waals surface area contributed by atoms with Crippen molar-refractivity contribution in [1.82, 2.24) is 20.5 Å². The summed E-state index contributed by atoms with van der Waals surface area (Å²) in [5.41, 5.74) is 0.990. The van der Waals surface area contributed by atoms with Crippen molar-refractivity contribution in [1.29, 1.82) is 0 Å². The molecule has 0 amide bonds. The van der Waals surface area contributed by atoms with E-state index in [-0.39, 0.29) is 0 Å². The third-order valence-corrected chi connectivity index (χ3v) is 3.15. The van der Waals surface area contributed by atoms with Crippen LogP contribution >= 0.6 is 27.3 Å². The fourth-order valence-electron chi connectivity index (χ4n) is 1.12. The molecule has 0 aliphatic rings. The summed E-state index contributed by atoms with van der Waals surface area (Å²) < 4.78 is 0.949. The molecule has 78 valence electrons. The lowest BCUT2D eigenvalue weighted by atomic mass is 10.3. The van der Waals surface area contributed by atoms with Crippen molar-refractivity contribution in [3.05, 3.63) is 27.9 Å². The summed E-state index contributed by atoms with van der Waals surface area (Å²) >= 11 is 4.95. The van der Waals surface area contributed by atoms with Gasteiger partial charge < -0.3 is 5.32 Å². The van der Waals surface area contributed by atoms with Crippen LogP contribution in [0, 0.1) is 0 Å². The van der Waals surface area contributed by atoms with Gasteiger partial charge in [-0.1, -0.05) is 11.3 Å².